The molecule has 0 aromatic rings. The lowest BCUT2D eigenvalue weighted by atomic mass is 10.0. The molecule has 0 aromatic carbocycles. The summed E-state index contributed by atoms with van der Waals surface area (Å²) in [7, 11) is 0. The topological polar surface area (TPSA) is 58.5 Å². The molecule has 0 radical (unpaired) electrons. The van der Waals surface area contributed by atoms with Crippen LogP contribution in [0.4, 0.5) is 0 Å². The van der Waals surface area contributed by atoms with Crippen molar-refractivity contribution in [3.63, 3.8) is 0 Å². The summed E-state index contributed by atoms with van der Waals surface area (Å²) in [5, 5.41) is 3.78. The fourth-order valence-electron chi connectivity index (χ4n) is 0.981. The number of amides is 1. The molecule has 1 amide bonds. The summed E-state index contributed by atoms with van der Waals surface area (Å²) in [4.78, 5) is 21.1. The molecule has 0 aromatic heterocycles. The van der Waals surface area contributed by atoms with Crippen molar-refractivity contribution >= 4 is 31.0 Å². The van der Waals surface area contributed by atoms with Crippen molar-refractivity contribution in [1.82, 2.24) is 5.43 Å². The third-order valence-corrected chi connectivity index (χ3v) is 2.13. The minimum Gasteiger partial charge on any atom is -0.303 e. The van der Waals surface area contributed by atoms with Crippen LogP contribution in [0.15, 0.2) is 5.10 Å². The lowest BCUT2D eigenvalue weighted by Gasteiger charge is -2.03. The number of hydrazone groups is 1. The molecule has 0 saturated heterocycles. The number of nitrogens with zero attached hydrogens (tertiary/aromatic N) is 1. The second-order valence-corrected chi connectivity index (χ2v) is 3.85. The Morgan fingerprint density at radius 2 is 2.33 bits per heavy atom. The van der Waals surface area contributed by atoms with Crippen molar-refractivity contribution in [1.29, 1.82) is 0 Å². The Hall–Kier alpha value is -0.840. The van der Waals surface area contributed by atoms with Gasteiger partial charge in [0.2, 0.25) is 5.91 Å². The summed E-state index contributed by atoms with van der Waals surface area (Å²) in [6.45, 7) is 2.02. The van der Waals surface area contributed by atoms with Crippen LogP contribution < -0.4 is 5.43 Å². The highest BCUT2D eigenvalue weighted by molar-refractivity contribution is 7.80. The van der Waals surface area contributed by atoms with Crippen LogP contribution in [0.2, 0.25) is 0 Å². The van der Waals surface area contributed by atoms with Crippen molar-refractivity contribution in [3.05, 3.63) is 0 Å². The Morgan fingerprint density at radius 3 is 2.93 bits per heavy atom. The van der Waals surface area contributed by atoms with Crippen LogP contribution in [0.3, 0.4) is 0 Å². The van der Waals surface area contributed by atoms with Crippen molar-refractivity contribution in [2.75, 3.05) is 5.75 Å². The highest BCUT2D eigenvalue weighted by Crippen LogP contribution is 2.06. The molecule has 0 spiro atoms. The molecule has 0 aliphatic carbocycles. The van der Waals surface area contributed by atoms with E-state index < -0.39 is 0 Å². The Kier molecular flexibility index (Phi) is 9.16. The second-order valence-electron chi connectivity index (χ2n) is 3.41. The summed E-state index contributed by atoms with van der Waals surface area (Å²) >= 11 is 3.93. The molecule has 0 aliphatic rings. The minimum absolute atomic E-state index is 0.123. The van der Waals surface area contributed by atoms with Gasteiger partial charge in [-0.05, 0) is 24.5 Å². The molecule has 0 rings (SSSR count). The molecule has 5 heteroatoms. The standard InChI is InChI=1S/C10H18N2O2S/c1-9(4-7-13)3-2-6-11-12-10(14)5-8-15/h6-7,9,15H,2-5,8H2,1H3,(H,12,14)/b11-6+. The maximum atomic E-state index is 10.9. The average Bonchev–Trinajstić information content (AvgIpc) is 2.18. The number of carbonyl (C=O) groups is 2. The SMILES string of the molecule is CC(CC=O)CC/C=N/NC(=O)CCS. The van der Waals surface area contributed by atoms with E-state index in [2.05, 4.69) is 23.2 Å². The van der Waals surface area contributed by atoms with E-state index in [0.717, 1.165) is 19.1 Å². The van der Waals surface area contributed by atoms with E-state index in [1.165, 1.54) is 0 Å². The lowest BCUT2D eigenvalue weighted by molar-refractivity contribution is -0.120. The zero-order valence-corrected chi connectivity index (χ0v) is 9.87. The summed E-state index contributed by atoms with van der Waals surface area (Å²) in [5.74, 6) is 0.779. The molecule has 0 bridgehead atoms. The monoisotopic (exact) mass is 230 g/mol. The summed E-state index contributed by atoms with van der Waals surface area (Å²) in [5.41, 5.74) is 2.40. The number of hydrogen-bond acceptors (Lipinski definition) is 4. The summed E-state index contributed by atoms with van der Waals surface area (Å²) in [6, 6.07) is 0. The Balaban J connectivity index is 3.46. The zero-order chi connectivity index (χ0) is 11.5. The number of hydrogen-bond donors (Lipinski definition) is 2. The average molecular weight is 230 g/mol. The molecule has 1 atom stereocenters. The molecule has 4 nitrogen and oxygen atoms in total. The first-order valence-corrected chi connectivity index (χ1v) is 5.68. The molecular formula is C10H18N2O2S. The number of carbonyl (C=O) groups excluding carboxylic acids is 2. The first-order chi connectivity index (χ1) is 7.20. The minimum atomic E-state index is -0.123. The quantitative estimate of drug-likeness (QED) is 0.287. The normalized spacial score (nSPS) is 12.7. The Morgan fingerprint density at radius 1 is 1.60 bits per heavy atom. The molecule has 15 heavy (non-hydrogen) atoms. The van der Waals surface area contributed by atoms with Crippen LogP contribution in [0.25, 0.3) is 0 Å². The van der Waals surface area contributed by atoms with Crippen LogP contribution in [0, 0.1) is 5.92 Å². The van der Waals surface area contributed by atoms with Crippen LogP contribution in [0.5, 0.6) is 0 Å². The number of nitrogens with one attached hydrogen (secondary N) is 1. The maximum absolute atomic E-state index is 10.9. The highest BCUT2D eigenvalue weighted by Gasteiger charge is 1.99. The third kappa shape index (κ3) is 9.46. The maximum Gasteiger partial charge on any atom is 0.240 e. The summed E-state index contributed by atoms with van der Waals surface area (Å²) in [6.07, 6.45) is 5.23. The molecule has 0 aliphatic heterocycles. The molecule has 1 N–H and O–H groups in total. The van der Waals surface area contributed by atoms with Gasteiger partial charge >= 0.3 is 0 Å². The molecular weight excluding hydrogens is 212 g/mol. The third-order valence-electron chi connectivity index (χ3n) is 1.91. The van der Waals surface area contributed by atoms with E-state index in [0.29, 0.717) is 24.5 Å². The van der Waals surface area contributed by atoms with Crippen LogP contribution in [-0.4, -0.2) is 24.2 Å². The van der Waals surface area contributed by atoms with Crippen molar-refractivity contribution in [3.8, 4) is 0 Å². The van der Waals surface area contributed by atoms with Crippen LogP contribution in [-0.2, 0) is 9.59 Å². The van der Waals surface area contributed by atoms with Gasteiger partial charge in [0.05, 0.1) is 0 Å². The van der Waals surface area contributed by atoms with Gasteiger partial charge in [-0.2, -0.15) is 17.7 Å². The smallest absolute Gasteiger partial charge is 0.240 e. The van der Waals surface area contributed by atoms with Crippen molar-refractivity contribution in [2.24, 2.45) is 11.0 Å². The van der Waals surface area contributed by atoms with E-state index in [-0.39, 0.29) is 5.91 Å². The largest absolute Gasteiger partial charge is 0.303 e. The van der Waals surface area contributed by atoms with E-state index in [9.17, 15) is 9.59 Å². The first kappa shape index (κ1) is 14.2. The van der Waals surface area contributed by atoms with E-state index >= 15 is 0 Å². The fourth-order valence-corrected chi connectivity index (χ4v) is 1.18. The van der Waals surface area contributed by atoms with Gasteiger partial charge in [-0.3, -0.25) is 4.79 Å². The van der Waals surface area contributed by atoms with Gasteiger partial charge in [0.25, 0.3) is 0 Å². The molecule has 1 unspecified atom stereocenters. The van der Waals surface area contributed by atoms with E-state index in [1.807, 2.05) is 6.92 Å². The fraction of sp³-hybridized carbons (Fsp3) is 0.700. The van der Waals surface area contributed by atoms with Gasteiger partial charge in [-0.25, -0.2) is 5.43 Å². The van der Waals surface area contributed by atoms with Gasteiger partial charge in [-0.1, -0.05) is 6.92 Å². The first-order valence-electron chi connectivity index (χ1n) is 5.05. The predicted octanol–water partition coefficient (Wildman–Crippen LogP) is 1.41. The van der Waals surface area contributed by atoms with Gasteiger partial charge in [0, 0.05) is 19.1 Å². The van der Waals surface area contributed by atoms with Crippen molar-refractivity contribution < 1.29 is 9.59 Å². The van der Waals surface area contributed by atoms with E-state index in [4.69, 9.17) is 0 Å². The van der Waals surface area contributed by atoms with Gasteiger partial charge < -0.3 is 4.79 Å². The van der Waals surface area contributed by atoms with Gasteiger partial charge in [0.1, 0.15) is 6.29 Å². The lowest BCUT2D eigenvalue weighted by Crippen LogP contribution is -2.17. The molecule has 86 valence electrons. The summed E-state index contributed by atoms with van der Waals surface area (Å²) < 4.78 is 0. The van der Waals surface area contributed by atoms with Crippen LogP contribution in [0.1, 0.15) is 32.6 Å². The molecule has 0 fully saturated rings. The Bertz CT molecular complexity index is 219. The predicted molar refractivity (Wildman–Crippen MR) is 64.2 cm³/mol. The number of thiol groups is 1. The molecule has 0 heterocycles. The zero-order valence-electron chi connectivity index (χ0n) is 8.98. The Labute approximate surface area is 95.9 Å². The van der Waals surface area contributed by atoms with E-state index in [1.54, 1.807) is 6.21 Å². The number of aldehydes is 1. The highest BCUT2D eigenvalue weighted by atomic mass is 32.1. The van der Waals surface area contributed by atoms with Gasteiger partial charge in [0.15, 0.2) is 0 Å². The number of rotatable bonds is 8. The second kappa shape index (κ2) is 9.71. The van der Waals surface area contributed by atoms with Crippen molar-refractivity contribution in [2.45, 2.75) is 32.6 Å². The van der Waals surface area contributed by atoms with Crippen LogP contribution >= 0.6 is 12.6 Å². The molecule has 0 saturated carbocycles. The van der Waals surface area contributed by atoms with Gasteiger partial charge in [-0.15, -0.1) is 0 Å².